The number of carbonyl (C=O) groups excluding carboxylic acids is 2. The lowest BCUT2D eigenvalue weighted by molar-refractivity contribution is -0.135. The number of carboxylic acids is 1. The lowest BCUT2D eigenvalue weighted by Crippen LogP contribution is -2.37. The molecule has 14 heteroatoms. The lowest BCUT2D eigenvalue weighted by Gasteiger charge is -2.19. The van der Waals surface area contributed by atoms with E-state index >= 15 is 0 Å². The molecule has 1 unspecified atom stereocenters. The van der Waals surface area contributed by atoms with E-state index in [-0.39, 0.29) is 9.92 Å². The minimum Gasteiger partial charge on any atom is -0.506 e. The second kappa shape index (κ2) is 11.6. The van der Waals surface area contributed by atoms with E-state index in [9.17, 15) is 37.8 Å². The monoisotopic (exact) mass is 577 g/mol. The Kier molecular flexibility index (Phi) is 8.67. The molecule has 5 N–H and O–H groups in total. The fraction of sp³-hybridized carbons (Fsp3) is 0.200. The minimum atomic E-state index is -3.45. The number of nitrogens with zero attached hydrogens (tertiary/aromatic N) is 1. The van der Waals surface area contributed by atoms with Crippen LogP contribution in [-0.2, 0) is 21.2 Å². The van der Waals surface area contributed by atoms with Crippen molar-refractivity contribution in [2.24, 2.45) is 0 Å². The van der Waals surface area contributed by atoms with Crippen LogP contribution in [0.2, 0.25) is 5.02 Å². The summed E-state index contributed by atoms with van der Waals surface area (Å²) in [7, 11) is -3.45. The molecule has 0 aliphatic carbocycles. The smallest absolute Gasteiger partial charge is 0.322 e. The van der Waals surface area contributed by atoms with E-state index in [2.05, 4.69) is 5.32 Å². The molecule has 1 atom stereocenters. The van der Waals surface area contributed by atoms with Crippen molar-refractivity contribution in [1.82, 2.24) is 15.2 Å². The van der Waals surface area contributed by atoms with Gasteiger partial charge in [-0.3, -0.25) is 23.7 Å². The Balaban J connectivity index is 2.08. The van der Waals surface area contributed by atoms with Crippen molar-refractivity contribution in [3.63, 3.8) is 0 Å². The first kappa shape index (κ1) is 29.2. The second-order valence-electron chi connectivity index (χ2n) is 8.52. The molecular weight excluding hydrogens is 554 g/mol. The number of carbonyl (C=O) groups is 3. The van der Waals surface area contributed by atoms with Crippen LogP contribution in [-0.4, -0.2) is 58.9 Å². The third-order valence-electron chi connectivity index (χ3n) is 5.71. The van der Waals surface area contributed by atoms with Gasteiger partial charge in [0.15, 0.2) is 15.6 Å². The molecular formula is C25H24ClN3O9S. The molecule has 2 amide bonds. The van der Waals surface area contributed by atoms with Crippen molar-refractivity contribution in [2.45, 2.75) is 24.4 Å². The Morgan fingerprint density at radius 1 is 1.00 bits per heavy atom. The van der Waals surface area contributed by atoms with Gasteiger partial charge in [-0.1, -0.05) is 41.9 Å². The van der Waals surface area contributed by atoms with Gasteiger partial charge in [0.25, 0.3) is 17.4 Å². The van der Waals surface area contributed by atoms with E-state index in [4.69, 9.17) is 16.7 Å². The van der Waals surface area contributed by atoms with Gasteiger partial charge in [-0.05, 0) is 36.2 Å². The quantitative estimate of drug-likeness (QED) is 0.251. The molecule has 206 valence electrons. The largest absolute Gasteiger partial charge is 0.506 e. The first-order chi connectivity index (χ1) is 18.2. The summed E-state index contributed by atoms with van der Waals surface area (Å²) >= 11 is 6.17. The Hall–Kier alpha value is -4.36. The molecule has 0 radical (unpaired) electrons. The highest BCUT2D eigenvalue weighted by atomic mass is 35.5. The highest BCUT2D eigenvalue weighted by Gasteiger charge is 2.31. The van der Waals surface area contributed by atoms with E-state index in [0.717, 1.165) is 6.26 Å². The Morgan fingerprint density at radius 3 is 2.18 bits per heavy atom. The summed E-state index contributed by atoms with van der Waals surface area (Å²) in [6, 6.07) is 11.1. The number of aromatic hydroxyl groups is 2. The van der Waals surface area contributed by atoms with E-state index in [1.54, 1.807) is 19.1 Å². The number of aromatic nitrogens is 1. The average molecular weight is 578 g/mol. The standard InChI is InChI=1S/C25H24ClN3O9S/c1-13(14-7-9-16(10-8-14)39(2,37)38)28-23(34)20-21(32)19(22(33)27-11-18(30)31)24(35)29(25(20)36)12-15-5-3-4-6-17(15)26/h3-10,13,32,36H,11-12H2,1-2H3,(H,27,33)(H,28,34)(H,30,31). The predicted octanol–water partition coefficient (Wildman–Crippen LogP) is 1.67. The third kappa shape index (κ3) is 6.56. The fourth-order valence-corrected chi connectivity index (χ4v) is 4.48. The zero-order valence-electron chi connectivity index (χ0n) is 20.6. The van der Waals surface area contributed by atoms with Crippen molar-refractivity contribution < 1.29 is 38.1 Å². The second-order valence-corrected chi connectivity index (χ2v) is 10.9. The molecule has 0 bridgehead atoms. The maximum atomic E-state index is 13.2. The van der Waals surface area contributed by atoms with Crippen LogP contribution in [0, 0.1) is 0 Å². The van der Waals surface area contributed by atoms with Gasteiger partial charge in [0.1, 0.15) is 17.7 Å². The summed E-state index contributed by atoms with van der Waals surface area (Å²) in [5.41, 5.74) is -2.17. The SMILES string of the molecule is CC(NC(=O)c1c(O)c(C(=O)NCC(=O)O)c(=O)n(Cc2ccccc2Cl)c1O)c1ccc(S(C)(=O)=O)cc1. The zero-order valence-corrected chi connectivity index (χ0v) is 22.2. The Bertz CT molecular complexity index is 1620. The molecule has 3 rings (SSSR count). The molecule has 1 aromatic heterocycles. The number of carboxylic acid groups (broad SMARTS) is 1. The molecule has 0 spiro atoms. The van der Waals surface area contributed by atoms with E-state index in [1.165, 1.54) is 36.4 Å². The number of nitrogens with one attached hydrogen (secondary N) is 2. The summed E-state index contributed by atoms with van der Waals surface area (Å²) in [6.07, 6.45) is 1.04. The normalized spacial score (nSPS) is 12.0. The molecule has 39 heavy (non-hydrogen) atoms. The molecule has 2 aromatic carbocycles. The highest BCUT2D eigenvalue weighted by Crippen LogP contribution is 2.30. The number of rotatable bonds is 9. The Labute approximate surface area is 227 Å². The van der Waals surface area contributed by atoms with Crippen LogP contribution in [0.4, 0.5) is 0 Å². The van der Waals surface area contributed by atoms with Gasteiger partial charge in [-0.25, -0.2) is 8.42 Å². The van der Waals surface area contributed by atoms with Crippen LogP contribution in [0.15, 0.2) is 58.2 Å². The van der Waals surface area contributed by atoms with Gasteiger partial charge in [0, 0.05) is 11.3 Å². The highest BCUT2D eigenvalue weighted by molar-refractivity contribution is 7.90. The predicted molar refractivity (Wildman–Crippen MR) is 140 cm³/mol. The van der Waals surface area contributed by atoms with E-state index in [0.29, 0.717) is 15.7 Å². The molecule has 1 heterocycles. The van der Waals surface area contributed by atoms with E-state index < -0.39 is 75.1 Å². The molecule has 3 aromatic rings. The molecule has 0 fully saturated rings. The first-order valence-electron chi connectivity index (χ1n) is 11.2. The number of sulfone groups is 1. The summed E-state index contributed by atoms with van der Waals surface area (Å²) in [5, 5.41) is 35.2. The van der Waals surface area contributed by atoms with Crippen molar-refractivity contribution in [2.75, 3.05) is 12.8 Å². The number of aliphatic carboxylic acids is 1. The van der Waals surface area contributed by atoms with Crippen LogP contribution in [0.3, 0.4) is 0 Å². The average Bonchev–Trinajstić information content (AvgIpc) is 2.86. The topological polar surface area (TPSA) is 192 Å². The fourth-order valence-electron chi connectivity index (χ4n) is 3.66. The molecule has 0 aliphatic rings. The van der Waals surface area contributed by atoms with Crippen LogP contribution in [0.1, 0.15) is 44.8 Å². The van der Waals surface area contributed by atoms with Crippen molar-refractivity contribution in [3.05, 3.63) is 86.2 Å². The van der Waals surface area contributed by atoms with Crippen molar-refractivity contribution in [1.29, 1.82) is 0 Å². The van der Waals surface area contributed by atoms with Gasteiger partial charge in [-0.15, -0.1) is 0 Å². The first-order valence-corrected chi connectivity index (χ1v) is 13.5. The number of hydrogen-bond acceptors (Lipinski definition) is 8. The summed E-state index contributed by atoms with van der Waals surface area (Å²) in [4.78, 5) is 50.0. The number of benzene rings is 2. The summed E-state index contributed by atoms with van der Waals surface area (Å²) < 4.78 is 24.1. The van der Waals surface area contributed by atoms with Gasteiger partial charge < -0.3 is 26.0 Å². The van der Waals surface area contributed by atoms with Crippen molar-refractivity contribution >= 4 is 39.2 Å². The Morgan fingerprint density at radius 2 is 1.62 bits per heavy atom. The van der Waals surface area contributed by atoms with Crippen LogP contribution >= 0.6 is 11.6 Å². The third-order valence-corrected chi connectivity index (χ3v) is 7.21. The number of pyridine rings is 1. The van der Waals surface area contributed by atoms with Crippen LogP contribution in [0.25, 0.3) is 0 Å². The number of halogens is 1. The molecule has 0 saturated carbocycles. The maximum absolute atomic E-state index is 13.2. The van der Waals surface area contributed by atoms with Crippen molar-refractivity contribution in [3.8, 4) is 11.6 Å². The minimum absolute atomic E-state index is 0.0590. The summed E-state index contributed by atoms with van der Waals surface area (Å²) in [6.45, 7) is 0.263. The van der Waals surface area contributed by atoms with E-state index in [1.807, 2.05) is 5.32 Å². The lowest BCUT2D eigenvalue weighted by atomic mass is 10.1. The zero-order chi connectivity index (χ0) is 29.1. The van der Waals surface area contributed by atoms with Gasteiger partial charge in [0.05, 0.1) is 17.5 Å². The molecule has 12 nitrogen and oxygen atoms in total. The van der Waals surface area contributed by atoms with Gasteiger partial charge in [-0.2, -0.15) is 0 Å². The molecule has 0 aliphatic heterocycles. The number of amides is 2. The molecule has 0 saturated heterocycles. The summed E-state index contributed by atoms with van der Waals surface area (Å²) in [5.74, 6) is -5.92. The number of hydrogen-bond donors (Lipinski definition) is 5. The van der Waals surface area contributed by atoms with Crippen LogP contribution < -0.4 is 16.2 Å². The van der Waals surface area contributed by atoms with Gasteiger partial charge in [0.2, 0.25) is 5.88 Å². The van der Waals surface area contributed by atoms with Gasteiger partial charge >= 0.3 is 5.97 Å². The van der Waals surface area contributed by atoms with Crippen LogP contribution in [0.5, 0.6) is 11.6 Å². The maximum Gasteiger partial charge on any atom is 0.322 e.